The average Bonchev–Trinajstić information content (AvgIpc) is 2.41. The van der Waals surface area contributed by atoms with Gasteiger partial charge in [-0.3, -0.25) is 16.3 Å². The lowest BCUT2D eigenvalue weighted by molar-refractivity contribution is 0.547. The predicted molar refractivity (Wildman–Crippen MR) is 69.4 cm³/mol. The fraction of sp³-hybridized carbons (Fsp3) is 0.154. The molecule has 1 atom stereocenters. The van der Waals surface area contributed by atoms with Gasteiger partial charge in [0.1, 0.15) is 5.82 Å². The molecule has 1 heterocycles. The number of hydrazine groups is 1. The number of halogens is 2. The van der Waals surface area contributed by atoms with Gasteiger partial charge in [-0.05, 0) is 41.8 Å². The van der Waals surface area contributed by atoms with Gasteiger partial charge in [-0.2, -0.15) is 0 Å². The van der Waals surface area contributed by atoms with Gasteiger partial charge in [0.25, 0.3) is 0 Å². The van der Waals surface area contributed by atoms with Crippen molar-refractivity contribution in [3.63, 3.8) is 0 Å². The van der Waals surface area contributed by atoms with E-state index in [-0.39, 0.29) is 11.9 Å². The number of nitrogens with two attached hydrogens (primary N) is 1. The Balaban J connectivity index is 2.23. The third-order valence-corrected chi connectivity index (χ3v) is 3.09. The van der Waals surface area contributed by atoms with Crippen LogP contribution in [0, 0.1) is 5.82 Å². The molecule has 0 fully saturated rings. The molecule has 1 aromatic heterocycles. The first-order valence-electron chi connectivity index (χ1n) is 5.50. The van der Waals surface area contributed by atoms with Gasteiger partial charge < -0.3 is 0 Å². The molecule has 0 aliphatic heterocycles. The maximum Gasteiger partial charge on any atom is 0.123 e. The third-order valence-electron chi connectivity index (χ3n) is 2.72. The van der Waals surface area contributed by atoms with Gasteiger partial charge in [0.2, 0.25) is 0 Å². The molecule has 5 heteroatoms. The van der Waals surface area contributed by atoms with Gasteiger partial charge >= 0.3 is 0 Å². The quantitative estimate of drug-likeness (QED) is 0.660. The molecular formula is C13H13ClFN3. The van der Waals surface area contributed by atoms with Crippen molar-refractivity contribution in [1.82, 2.24) is 10.4 Å². The molecule has 1 aromatic carbocycles. The van der Waals surface area contributed by atoms with Crippen LogP contribution in [0.25, 0.3) is 0 Å². The van der Waals surface area contributed by atoms with Crippen LogP contribution in [0.2, 0.25) is 5.02 Å². The summed E-state index contributed by atoms with van der Waals surface area (Å²) in [6.07, 6.45) is 3.91. The molecule has 0 aliphatic carbocycles. The Kier molecular flexibility index (Phi) is 4.25. The molecule has 18 heavy (non-hydrogen) atoms. The van der Waals surface area contributed by atoms with E-state index in [1.807, 2.05) is 12.1 Å². The van der Waals surface area contributed by atoms with Crippen molar-refractivity contribution in [3.05, 3.63) is 64.7 Å². The minimum Gasteiger partial charge on any atom is -0.271 e. The van der Waals surface area contributed by atoms with Crippen molar-refractivity contribution in [2.45, 2.75) is 12.5 Å². The topological polar surface area (TPSA) is 50.9 Å². The molecule has 1 unspecified atom stereocenters. The van der Waals surface area contributed by atoms with Crippen LogP contribution in [0.15, 0.2) is 42.7 Å². The standard InChI is InChI=1S/C13H13ClFN3/c14-12-4-3-11(15)6-10(12)7-13(18-16)9-2-1-5-17-8-9/h1-6,8,13,18H,7,16H2. The maximum atomic E-state index is 13.2. The van der Waals surface area contributed by atoms with Gasteiger partial charge in [-0.15, -0.1) is 0 Å². The first kappa shape index (κ1) is 13.0. The van der Waals surface area contributed by atoms with E-state index in [0.717, 1.165) is 5.56 Å². The summed E-state index contributed by atoms with van der Waals surface area (Å²) in [5.41, 5.74) is 4.33. The second kappa shape index (κ2) is 5.91. The summed E-state index contributed by atoms with van der Waals surface area (Å²) in [4.78, 5) is 4.03. The van der Waals surface area contributed by atoms with E-state index in [9.17, 15) is 4.39 Å². The predicted octanol–water partition coefficient (Wildman–Crippen LogP) is 2.62. The summed E-state index contributed by atoms with van der Waals surface area (Å²) in [6, 6.07) is 7.88. The fourth-order valence-corrected chi connectivity index (χ4v) is 1.97. The zero-order valence-corrected chi connectivity index (χ0v) is 10.4. The lowest BCUT2D eigenvalue weighted by Crippen LogP contribution is -2.29. The number of hydrogen-bond acceptors (Lipinski definition) is 3. The molecule has 0 bridgehead atoms. The van der Waals surface area contributed by atoms with E-state index >= 15 is 0 Å². The normalized spacial score (nSPS) is 12.4. The second-order valence-electron chi connectivity index (χ2n) is 3.95. The number of nitrogens with zero attached hydrogens (tertiary/aromatic N) is 1. The highest BCUT2D eigenvalue weighted by Crippen LogP contribution is 2.23. The molecule has 2 aromatic rings. The van der Waals surface area contributed by atoms with Crippen molar-refractivity contribution >= 4 is 11.6 Å². The Morgan fingerprint density at radius 1 is 1.39 bits per heavy atom. The van der Waals surface area contributed by atoms with E-state index in [1.165, 1.54) is 12.1 Å². The van der Waals surface area contributed by atoms with E-state index in [4.69, 9.17) is 17.4 Å². The summed E-state index contributed by atoms with van der Waals surface area (Å²) in [5, 5.41) is 0.528. The van der Waals surface area contributed by atoms with Crippen LogP contribution in [0.4, 0.5) is 4.39 Å². The summed E-state index contributed by atoms with van der Waals surface area (Å²) >= 11 is 6.03. The summed E-state index contributed by atoms with van der Waals surface area (Å²) < 4.78 is 13.2. The highest BCUT2D eigenvalue weighted by atomic mass is 35.5. The minimum absolute atomic E-state index is 0.155. The Bertz CT molecular complexity index is 519. The summed E-state index contributed by atoms with van der Waals surface area (Å²) in [7, 11) is 0. The van der Waals surface area contributed by atoms with Crippen molar-refractivity contribution < 1.29 is 4.39 Å². The van der Waals surface area contributed by atoms with Gasteiger partial charge in [-0.1, -0.05) is 17.7 Å². The van der Waals surface area contributed by atoms with E-state index in [0.29, 0.717) is 17.0 Å². The highest BCUT2D eigenvalue weighted by Gasteiger charge is 2.13. The minimum atomic E-state index is -0.309. The van der Waals surface area contributed by atoms with Crippen LogP contribution in [0.3, 0.4) is 0 Å². The van der Waals surface area contributed by atoms with Crippen molar-refractivity contribution in [2.75, 3.05) is 0 Å². The molecule has 0 aliphatic rings. The third kappa shape index (κ3) is 3.04. The maximum absolute atomic E-state index is 13.2. The number of rotatable bonds is 4. The largest absolute Gasteiger partial charge is 0.271 e. The lowest BCUT2D eigenvalue weighted by atomic mass is 10.0. The molecule has 3 nitrogen and oxygen atoms in total. The number of hydrogen-bond donors (Lipinski definition) is 2. The average molecular weight is 266 g/mol. The van der Waals surface area contributed by atoms with Crippen LogP contribution in [-0.2, 0) is 6.42 Å². The smallest absolute Gasteiger partial charge is 0.123 e. The van der Waals surface area contributed by atoms with Crippen LogP contribution in [-0.4, -0.2) is 4.98 Å². The Morgan fingerprint density at radius 3 is 2.89 bits per heavy atom. The van der Waals surface area contributed by atoms with Crippen molar-refractivity contribution in [2.24, 2.45) is 5.84 Å². The second-order valence-corrected chi connectivity index (χ2v) is 4.35. The molecule has 3 N–H and O–H groups in total. The molecule has 0 radical (unpaired) electrons. The number of aromatic nitrogens is 1. The summed E-state index contributed by atoms with van der Waals surface area (Å²) in [5.74, 6) is 5.22. The number of benzene rings is 1. The Hall–Kier alpha value is -1.49. The molecule has 0 spiro atoms. The Morgan fingerprint density at radius 2 is 2.22 bits per heavy atom. The van der Waals surface area contributed by atoms with Gasteiger partial charge in [-0.25, -0.2) is 4.39 Å². The summed E-state index contributed by atoms with van der Waals surface area (Å²) in [6.45, 7) is 0. The fourth-order valence-electron chi connectivity index (χ4n) is 1.77. The first-order valence-corrected chi connectivity index (χ1v) is 5.88. The zero-order valence-electron chi connectivity index (χ0n) is 9.61. The first-order chi connectivity index (χ1) is 8.70. The lowest BCUT2D eigenvalue weighted by Gasteiger charge is -2.16. The van der Waals surface area contributed by atoms with Gasteiger partial charge in [0.05, 0.1) is 6.04 Å². The van der Waals surface area contributed by atoms with Crippen LogP contribution in [0.1, 0.15) is 17.2 Å². The molecule has 94 valence electrons. The van der Waals surface area contributed by atoms with Gasteiger partial charge in [0.15, 0.2) is 0 Å². The zero-order chi connectivity index (χ0) is 13.0. The van der Waals surface area contributed by atoms with Gasteiger partial charge in [0, 0.05) is 17.4 Å². The Labute approximate surface area is 110 Å². The SMILES string of the molecule is NNC(Cc1cc(F)ccc1Cl)c1cccnc1. The highest BCUT2D eigenvalue weighted by molar-refractivity contribution is 6.31. The number of nitrogens with one attached hydrogen (secondary N) is 1. The number of pyridine rings is 1. The molecule has 0 amide bonds. The van der Waals surface area contributed by atoms with Crippen molar-refractivity contribution in [3.8, 4) is 0 Å². The molecular weight excluding hydrogens is 253 g/mol. The van der Waals surface area contributed by atoms with Crippen LogP contribution >= 0.6 is 11.6 Å². The van der Waals surface area contributed by atoms with Crippen molar-refractivity contribution in [1.29, 1.82) is 0 Å². The van der Waals surface area contributed by atoms with E-state index in [1.54, 1.807) is 18.5 Å². The molecule has 2 rings (SSSR count). The molecule has 0 saturated carbocycles. The van der Waals surface area contributed by atoms with Crippen LogP contribution < -0.4 is 11.3 Å². The van der Waals surface area contributed by atoms with E-state index in [2.05, 4.69) is 10.4 Å². The monoisotopic (exact) mass is 265 g/mol. The van der Waals surface area contributed by atoms with E-state index < -0.39 is 0 Å². The van der Waals surface area contributed by atoms with Crippen LogP contribution in [0.5, 0.6) is 0 Å². The molecule has 0 saturated heterocycles.